The molecule has 2 aromatic rings. The second-order valence-electron chi connectivity index (χ2n) is 8.28. The van der Waals surface area contributed by atoms with Crippen LogP contribution in [0.3, 0.4) is 0 Å². The molecule has 0 spiro atoms. The number of amides is 2. The smallest absolute Gasteiger partial charge is 0.399 e. The lowest BCUT2D eigenvalue weighted by Gasteiger charge is -2.32. The van der Waals surface area contributed by atoms with Crippen molar-refractivity contribution in [1.82, 2.24) is 4.90 Å². The third-order valence-corrected chi connectivity index (χ3v) is 5.98. The molecule has 0 saturated carbocycles. The molecule has 2 aromatic carbocycles. The maximum absolute atomic E-state index is 12.9. The molecule has 2 heterocycles. The van der Waals surface area contributed by atoms with Crippen molar-refractivity contribution in [2.24, 2.45) is 0 Å². The lowest BCUT2D eigenvalue weighted by Crippen LogP contribution is -2.42. The maximum Gasteiger partial charge on any atom is 0.495 e. The van der Waals surface area contributed by atoms with E-state index in [1.165, 1.54) is 4.90 Å². The quantitative estimate of drug-likeness (QED) is 0.620. The van der Waals surface area contributed by atoms with E-state index in [1.54, 1.807) is 12.1 Å². The highest BCUT2D eigenvalue weighted by Gasteiger charge is 2.52. The fourth-order valence-corrected chi connectivity index (χ4v) is 3.77. The van der Waals surface area contributed by atoms with Crippen LogP contribution in [-0.2, 0) is 9.31 Å². The number of hydrogen-bond donors (Lipinski definition) is 0. The molecule has 0 radical (unpaired) electrons. The summed E-state index contributed by atoms with van der Waals surface area (Å²) in [7, 11) is -0.543. The molecule has 1 saturated heterocycles. The Morgan fingerprint density at radius 3 is 2.11 bits per heavy atom. The average molecular weight is 365 g/mol. The summed E-state index contributed by atoms with van der Waals surface area (Å²) in [5.74, 6) is -0.461. The summed E-state index contributed by atoms with van der Waals surface area (Å²) < 4.78 is 12.4. The Balaban J connectivity index is 1.88. The minimum Gasteiger partial charge on any atom is -0.399 e. The Hall–Kier alpha value is -2.18. The molecule has 0 unspecified atom stereocenters. The predicted molar refractivity (Wildman–Crippen MR) is 105 cm³/mol. The topological polar surface area (TPSA) is 55.8 Å². The van der Waals surface area contributed by atoms with Crippen LogP contribution in [0, 0.1) is 0 Å². The third kappa shape index (κ3) is 2.54. The minimum atomic E-state index is -0.543. The van der Waals surface area contributed by atoms with Crippen molar-refractivity contribution in [1.29, 1.82) is 0 Å². The first-order valence-corrected chi connectivity index (χ1v) is 9.45. The van der Waals surface area contributed by atoms with Crippen molar-refractivity contribution in [2.75, 3.05) is 6.54 Å². The van der Waals surface area contributed by atoms with Crippen molar-refractivity contribution < 1.29 is 18.9 Å². The Morgan fingerprint density at radius 1 is 0.926 bits per heavy atom. The molecule has 0 bridgehead atoms. The van der Waals surface area contributed by atoms with E-state index < -0.39 is 18.3 Å². The first kappa shape index (κ1) is 18.2. The summed E-state index contributed by atoms with van der Waals surface area (Å²) >= 11 is 0. The molecule has 0 N–H and O–H groups in total. The first-order valence-electron chi connectivity index (χ1n) is 9.45. The van der Waals surface area contributed by atoms with Gasteiger partial charge in [-0.1, -0.05) is 25.1 Å². The molecule has 0 aromatic heterocycles. The van der Waals surface area contributed by atoms with Gasteiger partial charge in [-0.15, -0.1) is 0 Å². The third-order valence-electron chi connectivity index (χ3n) is 5.98. The molecule has 140 valence electrons. The summed E-state index contributed by atoms with van der Waals surface area (Å²) in [6.45, 7) is 10.4. The zero-order chi connectivity index (χ0) is 19.6. The van der Waals surface area contributed by atoms with Gasteiger partial charge in [0.15, 0.2) is 0 Å². The van der Waals surface area contributed by atoms with Crippen LogP contribution in [0.5, 0.6) is 0 Å². The lowest BCUT2D eigenvalue weighted by molar-refractivity contribution is 0.00578. The van der Waals surface area contributed by atoms with Gasteiger partial charge in [-0.25, -0.2) is 0 Å². The molecule has 6 heteroatoms. The minimum absolute atomic E-state index is 0.231. The molecule has 0 aliphatic carbocycles. The molecule has 0 atom stereocenters. The number of hydrogen-bond acceptors (Lipinski definition) is 4. The Labute approximate surface area is 159 Å². The van der Waals surface area contributed by atoms with Gasteiger partial charge in [0.2, 0.25) is 0 Å². The van der Waals surface area contributed by atoms with Crippen LogP contribution in [0.25, 0.3) is 10.8 Å². The van der Waals surface area contributed by atoms with Crippen LogP contribution in [0.4, 0.5) is 0 Å². The van der Waals surface area contributed by atoms with Crippen molar-refractivity contribution in [3.63, 3.8) is 0 Å². The SMILES string of the molecule is CCCN1C(=O)c2cccc3c(B4OC(C)(C)C(C)(C)O4)ccc(c23)C1=O. The van der Waals surface area contributed by atoms with Crippen LogP contribution >= 0.6 is 0 Å². The van der Waals surface area contributed by atoms with E-state index in [0.717, 1.165) is 17.3 Å². The fraction of sp³-hybridized carbons (Fsp3) is 0.429. The van der Waals surface area contributed by atoms with Crippen molar-refractivity contribution in [3.8, 4) is 0 Å². The van der Waals surface area contributed by atoms with Crippen molar-refractivity contribution in [3.05, 3.63) is 41.5 Å². The Morgan fingerprint density at radius 2 is 1.52 bits per heavy atom. The number of carbonyl (C=O) groups is 2. The zero-order valence-corrected chi connectivity index (χ0v) is 16.5. The van der Waals surface area contributed by atoms with Gasteiger partial charge in [0.25, 0.3) is 11.8 Å². The first-order chi connectivity index (χ1) is 12.7. The van der Waals surface area contributed by atoms with Gasteiger partial charge in [0, 0.05) is 23.1 Å². The van der Waals surface area contributed by atoms with Crippen molar-refractivity contribution >= 4 is 35.2 Å². The van der Waals surface area contributed by atoms with Crippen LogP contribution in [0.15, 0.2) is 30.3 Å². The Kier molecular flexibility index (Phi) is 3.98. The van der Waals surface area contributed by atoms with Gasteiger partial charge in [-0.3, -0.25) is 14.5 Å². The Bertz CT molecular complexity index is 928. The van der Waals surface area contributed by atoms with E-state index in [0.29, 0.717) is 23.1 Å². The zero-order valence-electron chi connectivity index (χ0n) is 16.5. The van der Waals surface area contributed by atoms with E-state index in [1.807, 2.05) is 52.8 Å². The van der Waals surface area contributed by atoms with E-state index in [4.69, 9.17) is 9.31 Å². The average Bonchev–Trinajstić information content (AvgIpc) is 2.83. The standard InChI is InChI=1S/C21H24BNO4/c1-6-12-23-18(24)14-9-7-8-13-16(11-10-15(17(13)14)19(23)25)22-26-20(2,3)21(4,5)27-22/h7-11H,6,12H2,1-5H3. The van der Waals surface area contributed by atoms with Crippen LogP contribution in [-0.4, -0.2) is 41.6 Å². The second kappa shape index (κ2) is 5.91. The molecule has 2 amide bonds. The molecule has 5 nitrogen and oxygen atoms in total. The van der Waals surface area contributed by atoms with Gasteiger partial charge < -0.3 is 9.31 Å². The number of benzene rings is 2. The number of imide groups is 1. The molecule has 27 heavy (non-hydrogen) atoms. The summed E-state index contributed by atoms with van der Waals surface area (Å²) in [6, 6.07) is 9.26. The number of carbonyl (C=O) groups excluding carboxylic acids is 2. The van der Waals surface area contributed by atoms with Crippen LogP contribution < -0.4 is 5.46 Å². The fourth-order valence-electron chi connectivity index (χ4n) is 3.77. The van der Waals surface area contributed by atoms with Crippen molar-refractivity contribution in [2.45, 2.75) is 52.2 Å². The number of rotatable bonds is 3. The van der Waals surface area contributed by atoms with Gasteiger partial charge in [-0.05, 0) is 57.1 Å². The molecule has 2 aliphatic rings. The lowest BCUT2D eigenvalue weighted by atomic mass is 9.74. The number of nitrogens with zero attached hydrogens (tertiary/aromatic N) is 1. The monoisotopic (exact) mass is 365 g/mol. The van der Waals surface area contributed by atoms with Gasteiger partial charge in [0.1, 0.15) is 0 Å². The largest absolute Gasteiger partial charge is 0.495 e. The van der Waals surface area contributed by atoms with Gasteiger partial charge in [0.05, 0.1) is 11.2 Å². The van der Waals surface area contributed by atoms with E-state index in [-0.39, 0.29) is 11.8 Å². The van der Waals surface area contributed by atoms with Crippen LogP contribution in [0.1, 0.15) is 61.8 Å². The molecular weight excluding hydrogens is 341 g/mol. The van der Waals surface area contributed by atoms with E-state index >= 15 is 0 Å². The highest BCUT2D eigenvalue weighted by atomic mass is 16.7. The normalized spacial score (nSPS) is 20.6. The van der Waals surface area contributed by atoms with Gasteiger partial charge >= 0.3 is 7.12 Å². The van der Waals surface area contributed by atoms with E-state index in [9.17, 15) is 9.59 Å². The summed E-state index contributed by atoms with van der Waals surface area (Å²) in [6.07, 6.45) is 0.731. The molecule has 2 aliphatic heterocycles. The molecule has 4 rings (SSSR count). The summed E-state index contributed by atoms with van der Waals surface area (Å²) in [4.78, 5) is 27.1. The predicted octanol–water partition coefficient (Wildman–Crippen LogP) is 3.15. The van der Waals surface area contributed by atoms with Crippen LogP contribution in [0.2, 0.25) is 0 Å². The molecular formula is C21H24BNO4. The second-order valence-corrected chi connectivity index (χ2v) is 8.28. The molecule has 1 fully saturated rings. The van der Waals surface area contributed by atoms with E-state index in [2.05, 4.69) is 0 Å². The highest BCUT2D eigenvalue weighted by Crippen LogP contribution is 2.38. The van der Waals surface area contributed by atoms with Gasteiger partial charge in [-0.2, -0.15) is 0 Å². The highest BCUT2D eigenvalue weighted by molar-refractivity contribution is 6.65. The maximum atomic E-state index is 12.9. The summed E-state index contributed by atoms with van der Waals surface area (Å²) in [5, 5.41) is 1.54. The summed E-state index contributed by atoms with van der Waals surface area (Å²) in [5.41, 5.74) is 1.06.